The van der Waals surface area contributed by atoms with Crippen molar-refractivity contribution in [1.82, 2.24) is 4.90 Å². The van der Waals surface area contributed by atoms with Crippen LogP contribution >= 0.6 is 0 Å². The summed E-state index contributed by atoms with van der Waals surface area (Å²) in [6.45, 7) is 4.53. The van der Waals surface area contributed by atoms with E-state index in [4.69, 9.17) is 4.74 Å². The maximum Gasteiger partial charge on any atom is 0.323 e. The minimum Gasteiger partial charge on any atom is -0.494 e. The number of nitrogens with zero attached hydrogens (tertiary/aromatic N) is 1. The van der Waals surface area contributed by atoms with Crippen molar-refractivity contribution in [2.24, 2.45) is 0 Å². The summed E-state index contributed by atoms with van der Waals surface area (Å²) in [5.41, 5.74) is 4.15. The lowest BCUT2D eigenvalue weighted by Crippen LogP contribution is -2.26. The molecule has 2 N–H and O–H groups in total. The van der Waals surface area contributed by atoms with Crippen LogP contribution in [0.5, 0.6) is 5.75 Å². The smallest absolute Gasteiger partial charge is 0.323 e. The minimum absolute atomic E-state index is 0.257. The van der Waals surface area contributed by atoms with E-state index in [0.717, 1.165) is 30.9 Å². The Morgan fingerprint density at radius 3 is 2.71 bits per heavy atom. The Balaban J connectivity index is 1.65. The number of likely N-dealkylation sites (N-methyl/N-ethyl adjacent to an activating group) is 1. The van der Waals surface area contributed by atoms with Gasteiger partial charge in [-0.25, -0.2) is 4.79 Å². The maximum atomic E-state index is 12.2. The highest BCUT2D eigenvalue weighted by Crippen LogP contribution is 2.22. The van der Waals surface area contributed by atoms with Crippen molar-refractivity contribution in [3.8, 4) is 5.75 Å². The van der Waals surface area contributed by atoms with Gasteiger partial charge >= 0.3 is 6.03 Å². The molecule has 126 valence electrons. The zero-order valence-corrected chi connectivity index (χ0v) is 14.1. The molecular weight excluding hydrogens is 302 g/mol. The van der Waals surface area contributed by atoms with Gasteiger partial charge in [-0.1, -0.05) is 12.1 Å². The number of urea groups is 1. The van der Waals surface area contributed by atoms with Gasteiger partial charge < -0.3 is 20.3 Å². The first-order valence-electron chi connectivity index (χ1n) is 8.25. The standard InChI is InChI=1S/C19H23N3O2/c1-3-24-18-6-4-5-16(12-18)20-19(23)21-17-8-7-14-9-10-22(2)13-15(14)11-17/h4-8,11-12H,3,9-10,13H2,1-2H3,(H2,20,21,23). The number of fused-ring (bicyclic) bond motifs is 1. The van der Waals surface area contributed by atoms with E-state index in [1.54, 1.807) is 0 Å². The summed E-state index contributed by atoms with van der Waals surface area (Å²) >= 11 is 0. The number of carbonyl (C=O) groups excluding carboxylic acids is 1. The van der Waals surface area contributed by atoms with Crippen LogP contribution in [0.25, 0.3) is 0 Å². The third kappa shape index (κ3) is 4.06. The van der Waals surface area contributed by atoms with Gasteiger partial charge in [-0.2, -0.15) is 0 Å². The first kappa shape index (κ1) is 16.3. The van der Waals surface area contributed by atoms with Crippen LogP contribution in [-0.4, -0.2) is 31.1 Å². The lowest BCUT2D eigenvalue weighted by atomic mass is 9.99. The number of anilines is 2. The number of hydrogen-bond acceptors (Lipinski definition) is 3. The highest BCUT2D eigenvalue weighted by atomic mass is 16.5. The average Bonchev–Trinajstić information content (AvgIpc) is 2.55. The molecule has 2 amide bonds. The van der Waals surface area contributed by atoms with E-state index in [9.17, 15) is 4.79 Å². The van der Waals surface area contributed by atoms with Gasteiger partial charge in [0.25, 0.3) is 0 Å². The molecule has 0 spiro atoms. The number of amides is 2. The predicted molar refractivity (Wildman–Crippen MR) is 96.7 cm³/mol. The molecule has 5 heteroatoms. The molecule has 2 aromatic carbocycles. The Morgan fingerprint density at radius 1 is 1.12 bits per heavy atom. The van der Waals surface area contributed by atoms with Crippen LogP contribution in [0.2, 0.25) is 0 Å². The van der Waals surface area contributed by atoms with E-state index in [1.807, 2.05) is 37.3 Å². The van der Waals surface area contributed by atoms with Gasteiger partial charge in [-0.3, -0.25) is 0 Å². The SMILES string of the molecule is CCOc1cccc(NC(=O)Nc2ccc3c(c2)CN(C)CC3)c1. The van der Waals surface area contributed by atoms with Gasteiger partial charge in [0, 0.05) is 30.5 Å². The molecule has 0 saturated heterocycles. The quantitative estimate of drug-likeness (QED) is 0.901. The van der Waals surface area contributed by atoms with Crippen LogP contribution < -0.4 is 15.4 Å². The van der Waals surface area contributed by atoms with Crippen LogP contribution in [0.4, 0.5) is 16.2 Å². The fourth-order valence-corrected chi connectivity index (χ4v) is 2.90. The first-order valence-corrected chi connectivity index (χ1v) is 8.25. The summed E-state index contributed by atoms with van der Waals surface area (Å²) in [6, 6.07) is 13.2. The third-order valence-electron chi connectivity index (χ3n) is 4.07. The molecular formula is C19H23N3O2. The van der Waals surface area contributed by atoms with Crippen LogP contribution in [0, 0.1) is 0 Å². The van der Waals surface area contributed by atoms with Crippen molar-refractivity contribution in [2.45, 2.75) is 19.9 Å². The monoisotopic (exact) mass is 325 g/mol. The molecule has 0 radical (unpaired) electrons. The lowest BCUT2D eigenvalue weighted by Gasteiger charge is -2.25. The summed E-state index contributed by atoms with van der Waals surface area (Å²) < 4.78 is 5.44. The van der Waals surface area contributed by atoms with Crippen molar-refractivity contribution in [2.75, 3.05) is 30.8 Å². The van der Waals surface area contributed by atoms with Crippen LogP contribution in [0.1, 0.15) is 18.1 Å². The number of benzene rings is 2. The molecule has 2 aromatic rings. The summed E-state index contributed by atoms with van der Waals surface area (Å²) in [7, 11) is 2.11. The fraction of sp³-hybridized carbons (Fsp3) is 0.316. The van der Waals surface area contributed by atoms with E-state index in [-0.39, 0.29) is 6.03 Å². The first-order chi connectivity index (χ1) is 11.6. The second-order valence-electron chi connectivity index (χ2n) is 6.01. The second-order valence-corrected chi connectivity index (χ2v) is 6.01. The molecule has 0 aliphatic carbocycles. The minimum atomic E-state index is -0.257. The van der Waals surface area contributed by atoms with Crippen LogP contribution in [0.15, 0.2) is 42.5 Å². The van der Waals surface area contributed by atoms with Crippen LogP contribution in [-0.2, 0) is 13.0 Å². The summed E-state index contributed by atoms with van der Waals surface area (Å²) in [4.78, 5) is 14.5. The van der Waals surface area contributed by atoms with Crippen molar-refractivity contribution in [3.05, 3.63) is 53.6 Å². The number of ether oxygens (including phenoxy) is 1. The Hall–Kier alpha value is -2.53. The van der Waals surface area contributed by atoms with Gasteiger partial charge in [-0.15, -0.1) is 0 Å². The summed E-state index contributed by atoms with van der Waals surface area (Å²) in [5, 5.41) is 5.74. The zero-order valence-electron chi connectivity index (χ0n) is 14.1. The number of rotatable bonds is 4. The molecule has 0 unspecified atom stereocenters. The molecule has 3 rings (SSSR count). The summed E-state index contributed by atoms with van der Waals surface area (Å²) in [5.74, 6) is 0.743. The van der Waals surface area contributed by atoms with E-state index in [1.165, 1.54) is 11.1 Å². The lowest BCUT2D eigenvalue weighted by molar-refractivity contribution is 0.262. The molecule has 0 bridgehead atoms. The van der Waals surface area contributed by atoms with Gasteiger partial charge in [0.15, 0.2) is 0 Å². The molecule has 24 heavy (non-hydrogen) atoms. The Morgan fingerprint density at radius 2 is 1.92 bits per heavy atom. The average molecular weight is 325 g/mol. The fourth-order valence-electron chi connectivity index (χ4n) is 2.90. The van der Waals surface area contributed by atoms with Crippen molar-refractivity contribution < 1.29 is 9.53 Å². The summed E-state index contributed by atoms with van der Waals surface area (Å²) in [6.07, 6.45) is 1.06. The van der Waals surface area contributed by atoms with E-state index in [2.05, 4.69) is 34.7 Å². The normalized spacial score (nSPS) is 13.9. The van der Waals surface area contributed by atoms with Gasteiger partial charge in [-0.05, 0) is 55.8 Å². The number of nitrogens with one attached hydrogen (secondary N) is 2. The Kier molecular flexibility index (Phi) is 5.01. The highest BCUT2D eigenvalue weighted by molar-refractivity contribution is 5.99. The van der Waals surface area contributed by atoms with Gasteiger partial charge in [0.1, 0.15) is 5.75 Å². The van der Waals surface area contributed by atoms with Crippen molar-refractivity contribution >= 4 is 17.4 Å². The number of hydrogen-bond donors (Lipinski definition) is 2. The van der Waals surface area contributed by atoms with E-state index >= 15 is 0 Å². The molecule has 0 atom stereocenters. The third-order valence-corrected chi connectivity index (χ3v) is 4.07. The highest BCUT2D eigenvalue weighted by Gasteiger charge is 2.14. The van der Waals surface area contributed by atoms with E-state index in [0.29, 0.717) is 12.3 Å². The molecule has 1 aliphatic rings. The van der Waals surface area contributed by atoms with Crippen LogP contribution in [0.3, 0.4) is 0 Å². The molecule has 1 heterocycles. The van der Waals surface area contributed by atoms with Crippen molar-refractivity contribution in [1.29, 1.82) is 0 Å². The van der Waals surface area contributed by atoms with Crippen molar-refractivity contribution in [3.63, 3.8) is 0 Å². The largest absolute Gasteiger partial charge is 0.494 e. The topological polar surface area (TPSA) is 53.6 Å². The Bertz CT molecular complexity index is 730. The molecule has 0 fully saturated rings. The molecule has 0 saturated carbocycles. The molecule has 1 aliphatic heterocycles. The van der Waals surface area contributed by atoms with E-state index < -0.39 is 0 Å². The number of carbonyl (C=O) groups is 1. The van der Waals surface area contributed by atoms with Gasteiger partial charge in [0.2, 0.25) is 0 Å². The predicted octanol–water partition coefficient (Wildman–Crippen LogP) is 3.72. The second kappa shape index (κ2) is 7.36. The maximum absolute atomic E-state index is 12.2. The molecule has 5 nitrogen and oxygen atoms in total. The zero-order chi connectivity index (χ0) is 16.9. The Labute approximate surface area is 142 Å². The molecule has 0 aromatic heterocycles. The van der Waals surface area contributed by atoms with Gasteiger partial charge in [0.05, 0.1) is 6.61 Å².